The van der Waals surface area contributed by atoms with Gasteiger partial charge in [0.1, 0.15) is 6.61 Å². The van der Waals surface area contributed by atoms with Crippen LogP contribution in [0.25, 0.3) is 6.08 Å². The maximum Gasteiger partial charge on any atom is 0.363 e. The molecule has 4 rings (SSSR count). The Kier molecular flexibility index (Phi) is 7.58. The number of halogens is 3. The molecule has 0 atom stereocenters. The average molecular weight is 625 g/mol. The number of hydrogen-bond acceptors (Lipinski definition) is 7. The number of aliphatic imine (C=N–C) groups is 1. The molecule has 0 unspecified atom stereocenters. The second-order valence-electron chi connectivity index (χ2n) is 7.21. The number of rotatable bonds is 7. The molecule has 0 bridgehead atoms. The Morgan fingerprint density at radius 3 is 2.54 bits per heavy atom. The number of benzene rings is 3. The van der Waals surface area contributed by atoms with Gasteiger partial charge < -0.3 is 14.2 Å². The van der Waals surface area contributed by atoms with E-state index in [9.17, 15) is 14.9 Å². The monoisotopic (exact) mass is 624 g/mol. The van der Waals surface area contributed by atoms with Crippen molar-refractivity contribution in [3.05, 3.63) is 101 Å². The van der Waals surface area contributed by atoms with E-state index >= 15 is 0 Å². The summed E-state index contributed by atoms with van der Waals surface area (Å²) in [6.45, 7) is 0.289. The summed E-state index contributed by atoms with van der Waals surface area (Å²) in [5.41, 5.74) is 1.36. The molecule has 0 radical (unpaired) electrons. The number of nitrogens with zero attached hydrogens (tertiary/aromatic N) is 2. The lowest BCUT2D eigenvalue weighted by molar-refractivity contribution is -0.384. The molecule has 11 heteroatoms. The van der Waals surface area contributed by atoms with Gasteiger partial charge in [0.25, 0.3) is 5.69 Å². The highest BCUT2D eigenvalue weighted by atomic mass is 127. The van der Waals surface area contributed by atoms with E-state index in [4.69, 9.17) is 37.4 Å². The van der Waals surface area contributed by atoms with Crippen LogP contribution in [0.4, 0.5) is 5.69 Å². The van der Waals surface area contributed by atoms with Crippen molar-refractivity contribution in [3.8, 4) is 11.5 Å². The second kappa shape index (κ2) is 10.6. The van der Waals surface area contributed by atoms with E-state index in [0.29, 0.717) is 17.1 Å². The maximum atomic E-state index is 12.4. The fraction of sp³-hybridized carbons (Fsp3) is 0.0833. The van der Waals surface area contributed by atoms with Crippen LogP contribution in [-0.4, -0.2) is 23.9 Å². The van der Waals surface area contributed by atoms with Gasteiger partial charge in [-0.3, -0.25) is 10.1 Å². The number of hydrogen-bond donors (Lipinski definition) is 0. The minimum Gasteiger partial charge on any atom is -0.493 e. The van der Waals surface area contributed by atoms with E-state index in [2.05, 4.69) is 27.6 Å². The molecule has 3 aromatic rings. The lowest BCUT2D eigenvalue weighted by Crippen LogP contribution is -2.06. The standard InChI is InChI=1S/C24H15Cl2IN2O6/c1-33-21-10-14(8-19(26)22(21)34-12-13-2-4-15(27)5-3-13)9-20-24(30)35-23(28-20)17-11-16(29(31)32)6-7-18(17)25/h2-11H,12H2,1H3/b20-9-. The van der Waals surface area contributed by atoms with Crippen LogP contribution in [0.2, 0.25) is 10.0 Å². The van der Waals surface area contributed by atoms with Crippen molar-refractivity contribution in [3.63, 3.8) is 0 Å². The van der Waals surface area contributed by atoms with Crippen molar-refractivity contribution in [2.75, 3.05) is 7.11 Å². The molecule has 0 saturated carbocycles. The predicted octanol–water partition coefficient (Wildman–Crippen LogP) is 6.44. The average Bonchev–Trinajstić information content (AvgIpc) is 3.19. The summed E-state index contributed by atoms with van der Waals surface area (Å²) < 4.78 is 17.6. The maximum absolute atomic E-state index is 12.4. The van der Waals surface area contributed by atoms with E-state index in [-0.39, 0.29) is 39.5 Å². The molecular formula is C24H15Cl2IN2O6. The van der Waals surface area contributed by atoms with Gasteiger partial charge in [-0.15, -0.1) is 0 Å². The Morgan fingerprint density at radius 1 is 1.11 bits per heavy atom. The van der Waals surface area contributed by atoms with Crippen LogP contribution >= 0.6 is 45.8 Å². The number of methoxy groups -OCH3 is 1. The second-order valence-corrected chi connectivity index (χ2v) is 9.27. The van der Waals surface area contributed by atoms with Gasteiger partial charge in [0.15, 0.2) is 17.2 Å². The molecule has 0 aliphatic carbocycles. The van der Waals surface area contributed by atoms with Crippen LogP contribution in [0.3, 0.4) is 0 Å². The predicted molar refractivity (Wildman–Crippen MR) is 140 cm³/mol. The third-order valence-electron chi connectivity index (χ3n) is 4.86. The Bertz CT molecular complexity index is 1390. The third-order valence-corrected chi connectivity index (χ3v) is 6.19. The van der Waals surface area contributed by atoms with Crippen molar-refractivity contribution in [2.45, 2.75) is 6.61 Å². The molecule has 1 aliphatic heterocycles. The number of nitro groups is 1. The third kappa shape index (κ3) is 5.75. The topological polar surface area (TPSA) is 100 Å². The first-order valence-electron chi connectivity index (χ1n) is 9.97. The van der Waals surface area contributed by atoms with Crippen LogP contribution < -0.4 is 9.47 Å². The number of nitro benzene ring substituents is 1. The number of carbonyl (C=O) groups excluding carboxylic acids is 1. The summed E-state index contributed by atoms with van der Waals surface area (Å²) in [4.78, 5) is 27.1. The molecule has 0 fully saturated rings. The van der Waals surface area contributed by atoms with Gasteiger partial charge in [0.2, 0.25) is 5.90 Å². The molecule has 0 N–H and O–H groups in total. The molecule has 0 spiro atoms. The Hall–Kier alpha value is -3.15. The van der Waals surface area contributed by atoms with E-state index < -0.39 is 10.9 Å². The zero-order chi connectivity index (χ0) is 25.1. The number of cyclic esters (lactones) is 1. The van der Waals surface area contributed by atoms with E-state index in [0.717, 1.165) is 9.13 Å². The Morgan fingerprint density at radius 2 is 1.86 bits per heavy atom. The van der Waals surface area contributed by atoms with Crippen LogP contribution in [0, 0.1) is 13.7 Å². The van der Waals surface area contributed by atoms with Crippen molar-refractivity contribution < 1.29 is 23.9 Å². The van der Waals surface area contributed by atoms with Crippen molar-refractivity contribution >= 4 is 69.4 Å². The Balaban J connectivity index is 1.61. The molecule has 178 valence electrons. The lowest BCUT2D eigenvalue weighted by Gasteiger charge is -2.13. The summed E-state index contributed by atoms with van der Waals surface area (Å²) in [6.07, 6.45) is 1.46. The zero-order valence-electron chi connectivity index (χ0n) is 18.0. The highest BCUT2D eigenvalue weighted by Gasteiger charge is 2.27. The molecule has 1 aliphatic rings. The Labute approximate surface area is 223 Å². The fourth-order valence-electron chi connectivity index (χ4n) is 3.17. The number of carbonyl (C=O) groups is 1. The van der Waals surface area contributed by atoms with Crippen LogP contribution in [0.1, 0.15) is 16.7 Å². The molecule has 8 nitrogen and oxygen atoms in total. The van der Waals surface area contributed by atoms with Gasteiger partial charge in [0.05, 0.1) is 27.6 Å². The van der Waals surface area contributed by atoms with Crippen LogP contribution in [-0.2, 0) is 16.1 Å². The van der Waals surface area contributed by atoms with Gasteiger partial charge in [-0.2, -0.15) is 0 Å². The number of ether oxygens (including phenoxy) is 3. The first kappa shape index (κ1) is 25.0. The normalized spacial score (nSPS) is 14.0. The van der Waals surface area contributed by atoms with Crippen molar-refractivity contribution in [1.82, 2.24) is 0 Å². The molecule has 0 saturated heterocycles. The molecule has 3 aromatic carbocycles. The van der Waals surface area contributed by atoms with E-state index in [1.165, 1.54) is 31.4 Å². The van der Waals surface area contributed by atoms with E-state index in [1.807, 2.05) is 24.3 Å². The summed E-state index contributed by atoms with van der Waals surface area (Å²) in [5.74, 6) is -0.147. The lowest BCUT2D eigenvalue weighted by atomic mass is 10.1. The smallest absolute Gasteiger partial charge is 0.363 e. The first-order valence-corrected chi connectivity index (χ1v) is 11.8. The summed E-state index contributed by atoms with van der Waals surface area (Å²) in [6, 6.07) is 14.9. The minimum absolute atomic E-state index is 0.0340. The van der Waals surface area contributed by atoms with Gasteiger partial charge in [-0.05, 0) is 70.1 Å². The fourth-order valence-corrected chi connectivity index (χ4v) is 4.00. The highest BCUT2D eigenvalue weighted by Crippen LogP contribution is 2.38. The van der Waals surface area contributed by atoms with Gasteiger partial charge >= 0.3 is 5.97 Å². The highest BCUT2D eigenvalue weighted by molar-refractivity contribution is 14.1. The molecule has 1 heterocycles. The molecule has 0 aromatic heterocycles. The minimum atomic E-state index is -0.739. The summed E-state index contributed by atoms with van der Waals surface area (Å²) >= 11 is 14.8. The van der Waals surface area contributed by atoms with Gasteiger partial charge in [-0.25, -0.2) is 9.79 Å². The van der Waals surface area contributed by atoms with Crippen molar-refractivity contribution in [1.29, 1.82) is 0 Å². The van der Waals surface area contributed by atoms with Crippen LogP contribution in [0.15, 0.2) is 65.3 Å². The van der Waals surface area contributed by atoms with Gasteiger partial charge in [0, 0.05) is 15.7 Å². The van der Waals surface area contributed by atoms with Crippen molar-refractivity contribution in [2.24, 2.45) is 4.99 Å². The molecule has 35 heavy (non-hydrogen) atoms. The number of esters is 1. The SMILES string of the molecule is COc1cc(/C=C2\N=C(c3cc([N+](=O)[O-])ccc3Cl)OC2=O)cc(Cl)c1OCc1ccc(I)cc1. The quantitative estimate of drug-likeness (QED) is 0.0986. The zero-order valence-corrected chi connectivity index (χ0v) is 21.6. The van der Waals surface area contributed by atoms with Crippen LogP contribution in [0.5, 0.6) is 11.5 Å². The largest absolute Gasteiger partial charge is 0.493 e. The number of non-ortho nitro benzene ring substituents is 1. The molecular weight excluding hydrogens is 610 g/mol. The summed E-state index contributed by atoms with van der Waals surface area (Å²) in [5, 5.41) is 11.5. The van der Waals surface area contributed by atoms with Gasteiger partial charge in [-0.1, -0.05) is 35.3 Å². The first-order chi connectivity index (χ1) is 16.7. The van der Waals surface area contributed by atoms with E-state index in [1.54, 1.807) is 12.1 Å². The summed E-state index contributed by atoms with van der Waals surface area (Å²) in [7, 11) is 1.48. The molecule has 0 amide bonds.